The Balaban J connectivity index is 1.77. The van der Waals surface area contributed by atoms with Crippen molar-refractivity contribution in [3.63, 3.8) is 0 Å². The van der Waals surface area contributed by atoms with E-state index in [1.807, 2.05) is 12.1 Å². The number of hydrogen-bond acceptors (Lipinski definition) is 3. The van der Waals surface area contributed by atoms with Crippen molar-refractivity contribution in [1.29, 1.82) is 0 Å². The van der Waals surface area contributed by atoms with Gasteiger partial charge in [-0.1, -0.05) is 58.5 Å². The molecular formula is C18H14Cl4N2O2. The molecule has 0 N–H and O–H groups in total. The lowest BCUT2D eigenvalue weighted by atomic mass is 10.1. The van der Waals surface area contributed by atoms with E-state index in [0.717, 1.165) is 11.1 Å². The second-order valence-corrected chi connectivity index (χ2v) is 7.11. The highest BCUT2D eigenvalue weighted by molar-refractivity contribution is 6.35. The van der Waals surface area contributed by atoms with Gasteiger partial charge in [0, 0.05) is 31.9 Å². The first-order valence-electron chi connectivity index (χ1n) is 7.64. The maximum absolute atomic E-state index is 6.34. The zero-order valence-corrected chi connectivity index (χ0v) is 16.4. The standard InChI is InChI=1S/C18H14Cl4N2O2/c19-13-2-1-12(16(21)7-13)9-25-18(10-26-24-6-5-23-11-24)15-4-3-14(20)8-17(15)22/h1-8,11,18H,9-10H2. The van der Waals surface area contributed by atoms with Crippen LogP contribution < -0.4 is 4.84 Å². The minimum absolute atomic E-state index is 0.225. The van der Waals surface area contributed by atoms with Crippen LogP contribution >= 0.6 is 46.4 Å². The Labute approximate surface area is 171 Å². The minimum atomic E-state index is -0.436. The van der Waals surface area contributed by atoms with E-state index in [-0.39, 0.29) is 13.2 Å². The lowest BCUT2D eigenvalue weighted by molar-refractivity contribution is -0.0310. The third-order valence-corrected chi connectivity index (χ3v) is 4.77. The summed E-state index contributed by atoms with van der Waals surface area (Å²) in [6.07, 6.45) is 4.43. The van der Waals surface area contributed by atoms with Gasteiger partial charge in [-0.05, 0) is 29.8 Å². The van der Waals surface area contributed by atoms with Crippen molar-refractivity contribution in [2.45, 2.75) is 12.7 Å². The smallest absolute Gasteiger partial charge is 0.145 e. The van der Waals surface area contributed by atoms with Gasteiger partial charge >= 0.3 is 0 Å². The molecule has 1 atom stereocenters. The summed E-state index contributed by atoms with van der Waals surface area (Å²) in [4.78, 5) is 9.61. The van der Waals surface area contributed by atoms with E-state index in [4.69, 9.17) is 56.0 Å². The normalized spacial score (nSPS) is 12.2. The fourth-order valence-corrected chi connectivity index (χ4v) is 3.29. The molecule has 0 aliphatic carbocycles. The van der Waals surface area contributed by atoms with Crippen LogP contribution in [0.15, 0.2) is 55.1 Å². The van der Waals surface area contributed by atoms with E-state index >= 15 is 0 Å². The van der Waals surface area contributed by atoms with Crippen molar-refractivity contribution in [3.05, 3.63) is 86.3 Å². The van der Waals surface area contributed by atoms with E-state index in [0.29, 0.717) is 20.1 Å². The highest BCUT2D eigenvalue weighted by Crippen LogP contribution is 2.30. The lowest BCUT2D eigenvalue weighted by Crippen LogP contribution is -2.20. The minimum Gasteiger partial charge on any atom is -0.410 e. The van der Waals surface area contributed by atoms with E-state index < -0.39 is 6.10 Å². The molecule has 1 unspecified atom stereocenters. The molecular weight excluding hydrogens is 418 g/mol. The van der Waals surface area contributed by atoms with Crippen LogP contribution in [-0.4, -0.2) is 16.3 Å². The van der Waals surface area contributed by atoms with Crippen LogP contribution in [-0.2, 0) is 11.3 Å². The summed E-state index contributed by atoms with van der Waals surface area (Å²) >= 11 is 24.5. The van der Waals surface area contributed by atoms with Crippen molar-refractivity contribution in [3.8, 4) is 0 Å². The third kappa shape index (κ3) is 5.06. The van der Waals surface area contributed by atoms with Gasteiger partial charge in [0.2, 0.25) is 0 Å². The molecule has 4 nitrogen and oxygen atoms in total. The Morgan fingerprint density at radius 3 is 2.35 bits per heavy atom. The molecule has 0 spiro atoms. The summed E-state index contributed by atoms with van der Waals surface area (Å²) in [6, 6.07) is 10.5. The fraction of sp³-hybridized carbons (Fsp3) is 0.167. The molecule has 0 saturated heterocycles. The highest BCUT2D eigenvalue weighted by Gasteiger charge is 2.18. The zero-order chi connectivity index (χ0) is 18.5. The van der Waals surface area contributed by atoms with E-state index in [2.05, 4.69) is 4.98 Å². The molecule has 0 bridgehead atoms. The molecule has 2 aromatic carbocycles. The van der Waals surface area contributed by atoms with Crippen LogP contribution in [0.2, 0.25) is 20.1 Å². The van der Waals surface area contributed by atoms with Gasteiger partial charge in [0.05, 0.1) is 12.8 Å². The van der Waals surface area contributed by atoms with E-state index in [1.54, 1.807) is 43.0 Å². The van der Waals surface area contributed by atoms with Crippen molar-refractivity contribution in [1.82, 2.24) is 9.71 Å². The number of rotatable bonds is 7. The van der Waals surface area contributed by atoms with Gasteiger partial charge in [-0.15, -0.1) is 0 Å². The van der Waals surface area contributed by atoms with Crippen molar-refractivity contribution >= 4 is 46.4 Å². The molecule has 0 aliphatic rings. The molecule has 3 rings (SSSR count). The molecule has 8 heteroatoms. The lowest BCUT2D eigenvalue weighted by Gasteiger charge is -2.20. The summed E-state index contributed by atoms with van der Waals surface area (Å²) in [5, 5.41) is 2.15. The zero-order valence-electron chi connectivity index (χ0n) is 13.4. The fourth-order valence-electron chi connectivity index (χ4n) is 2.30. The monoisotopic (exact) mass is 430 g/mol. The molecule has 1 heterocycles. The van der Waals surface area contributed by atoms with Crippen molar-refractivity contribution in [2.24, 2.45) is 0 Å². The number of benzene rings is 2. The van der Waals surface area contributed by atoms with Crippen LogP contribution in [0.1, 0.15) is 17.2 Å². The van der Waals surface area contributed by atoms with Gasteiger partial charge in [-0.3, -0.25) is 0 Å². The maximum atomic E-state index is 6.34. The molecule has 1 aromatic heterocycles. The summed E-state index contributed by atoms with van der Waals surface area (Å²) in [5.41, 5.74) is 1.58. The SMILES string of the molecule is Clc1ccc(COC(COn2ccnc2)c2ccc(Cl)cc2Cl)c(Cl)c1. The second-order valence-electron chi connectivity index (χ2n) is 5.42. The average molecular weight is 432 g/mol. The first-order valence-corrected chi connectivity index (χ1v) is 9.16. The Morgan fingerprint density at radius 1 is 0.962 bits per heavy atom. The van der Waals surface area contributed by atoms with Crippen molar-refractivity contribution < 1.29 is 9.57 Å². The van der Waals surface area contributed by atoms with Crippen molar-refractivity contribution in [2.75, 3.05) is 6.61 Å². The van der Waals surface area contributed by atoms with E-state index in [1.165, 1.54) is 4.73 Å². The third-order valence-electron chi connectivity index (χ3n) is 3.62. The van der Waals surface area contributed by atoms with Gasteiger partial charge in [0.1, 0.15) is 19.0 Å². The number of imidazole rings is 1. The van der Waals surface area contributed by atoms with Crippen LogP contribution in [0.5, 0.6) is 0 Å². The average Bonchev–Trinajstić information content (AvgIpc) is 3.11. The van der Waals surface area contributed by atoms with Gasteiger partial charge < -0.3 is 9.57 Å². The Kier molecular flexibility index (Phi) is 6.68. The second kappa shape index (κ2) is 8.98. The molecule has 0 aliphatic heterocycles. The molecule has 3 aromatic rings. The van der Waals surface area contributed by atoms with Gasteiger partial charge in [0.25, 0.3) is 0 Å². The summed E-state index contributed by atoms with van der Waals surface area (Å²) < 4.78 is 7.54. The topological polar surface area (TPSA) is 36.3 Å². The summed E-state index contributed by atoms with van der Waals surface area (Å²) in [7, 11) is 0. The number of ether oxygens (including phenoxy) is 1. The molecule has 0 saturated carbocycles. The highest BCUT2D eigenvalue weighted by atomic mass is 35.5. The number of aromatic nitrogens is 2. The summed E-state index contributed by atoms with van der Waals surface area (Å²) in [6.45, 7) is 0.496. The quantitative estimate of drug-likeness (QED) is 0.468. The number of nitrogens with zero attached hydrogens (tertiary/aromatic N) is 2. The number of halogens is 4. The molecule has 26 heavy (non-hydrogen) atoms. The Hall–Kier alpha value is -1.43. The molecule has 0 radical (unpaired) electrons. The van der Waals surface area contributed by atoms with Gasteiger partial charge in [-0.25, -0.2) is 4.98 Å². The van der Waals surface area contributed by atoms with E-state index in [9.17, 15) is 0 Å². The first-order chi connectivity index (χ1) is 12.5. The molecule has 0 fully saturated rings. The van der Waals surface area contributed by atoms with Gasteiger partial charge in [0.15, 0.2) is 0 Å². The predicted molar refractivity (Wildman–Crippen MR) is 104 cm³/mol. The Morgan fingerprint density at radius 2 is 1.69 bits per heavy atom. The van der Waals surface area contributed by atoms with Crippen LogP contribution in [0.4, 0.5) is 0 Å². The molecule has 136 valence electrons. The molecule has 0 amide bonds. The Bertz CT molecular complexity index is 872. The van der Waals surface area contributed by atoms with Gasteiger partial charge in [-0.2, -0.15) is 4.73 Å². The predicted octanol–water partition coefficient (Wildman–Crippen LogP) is 5.88. The number of hydrogen-bond donors (Lipinski definition) is 0. The first kappa shape index (κ1) is 19.3. The maximum Gasteiger partial charge on any atom is 0.145 e. The van der Waals surface area contributed by atoms with Crippen LogP contribution in [0.25, 0.3) is 0 Å². The van der Waals surface area contributed by atoms with Crippen LogP contribution in [0.3, 0.4) is 0 Å². The largest absolute Gasteiger partial charge is 0.410 e. The van der Waals surface area contributed by atoms with Crippen LogP contribution in [0, 0.1) is 0 Å². The summed E-state index contributed by atoms with van der Waals surface area (Å²) in [5.74, 6) is 0.